The van der Waals surface area contributed by atoms with Crippen molar-refractivity contribution in [1.29, 1.82) is 0 Å². The minimum Gasteiger partial charge on any atom is -0.380 e. The van der Waals surface area contributed by atoms with Gasteiger partial charge in [-0.3, -0.25) is 0 Å². The molecule has 0 radical (unpaired) electrons. The van der Waals surface area contributed by atoms with E-state index in [-0.39, 0.29) is 0 Å². The Morgan fingerprint density at radius 1 is 1.41 bits per heavy atom. The van der Waals surface area contributed by atoms with Crippen LogP contribution in [0.4, 0.5) is 0 Å². The fraction of sp³-hybridized carbons (Fsp3) is 0.833. The molecule has 0 fully saturated rings. The van der Waals surface area contributed by atoms with E-state index in [1.165, 1.54) is 0 Å². The van der Waals surface area contributed by atoms with E-state index in [9.17, 15) is 0 Å². The van der Waals surface area contributed by atoms with Crippen molar-refractivity contribution in [2.45, 2.75) is 46.2 Å². The van der Waals surface area contributed by atoms with Crippen LogP contribution in [-0.4, -0.2) is 28.2 Å². The molecule has 0 aliphatic carbocycles. The van der Waals surface area contributed by atoms with Gasteiger partial charge in [-0.1, -0.05) is 19.1 Å². The van der Waals surface area contributed by atoms with E-state index in [0.29, 0.717) is 12.5 Å². The van der Waals surface area contributed by atoms with Crippen LogP contribution in [0.15, 0.2) is 6.20 Å². The summed E-state index contributed by atoms with van der Waals surface area (Å²) >= 11 is 0. The standard InChI is InChI=1S/C12H24N4O/c1-10(2)5-7-17-8-6-16-9-11(14-15-16)12(3,4)13/h9-10H,5-8,13H2,1-4H3. The third-order valence-electron chi connectivity index (χ3n) is 2.50. The molecule has 1 aromatic heterocycles. The van der Waals surface area contributed by atoms with E-state index in [4.69, 9.17) is 10.5 Å². The maximum atomic E-state index is 5.93. The van der Waals surface area contributed by atoms with E-state index >= 15 is 0 Å². The van der Waals surface area contributed by atoms with Gasteiger partial charge >= 0.3 is 0 Å². The Kier molecular flexibility index (Phi) is 5.08. The summed E-state index contributed by atoms with van der Waals surface area (Å²) in [6.07, 6.45) is 2.98. The smallest absolute Gasteiger partial charge is 0.102 e. The summed E-state index contributed by atoms with van der Waals surface area (Å²) in [5.74, 6) is 0.686. The van der Waals surface area contributed by atoms with Crippen molar-refractivity contribution in [3.8, 4) is 0 Å². The van der Waals surface area contributed by atoms with Crippen LogP contribution in [0.25, 0.3) is 0 Å². The molecule has 1 rings (SSSR count). The van der Waals surface area contributed by atoms with Crippen LogP contribution in [-0.2, 0) is 16.8 Å². The van der Waals surface area contributed by atoms with Crippen molar-refractivity contribution in [2.75, 3.05) is 13.2 Å². The average Bonchev–Trinajstić information content (AvgIpc) is 2.64. The van der Waals surface area contributed by atoms with E-state index in [1.807, 2.05) is 20.0 Å². The van der Waals surface area contributed by atoms with Crippen molar-refractivity contribution < 1.29 is 4.74 Å². The van der Waals surface area contributed by atoms with E-state index < -0.39 is 5.54 Å². The molecule has 98 valence electrons. The van der Waals surface area contributed by atoms with Gasteiger partial charge in [-0.15, -0.1) is 5.10 Å². The second-order valence-electron chi connectivity index (χ2n) is 5.38. The van der Waals surface area contributed by atoms with E-state index in [1.54, 1.807) is 4.68 Å². The lowest BCUT2D eigenvalue weighted by Gasteiger charge is -2.13. The van der Waals surface area contributed by atoms with Crippen molar-refractivity contribution in [3.05, 3.63) is 11.9 Å². The predicted molar refractivity (Wildman–Crippen MR) is 67.5 cm³/mol. The predicted octanol–water partition coefficient (Wildman–Crippen LogP) is 1.53. The van der Waals surface area contributed by atoms with Gasteiger partial charge in [0, 0.05) is 6.61 Å². The average molecular weight is 240 g/mol. The zero-order chi connectivity index (χ0) is 12.9. The van der Waals surface area contributed by atoms with Gasteiger partial charge in [0.1, 0.15) is 5.69 Å². The fourth-order valence-corrected chi connectivity index (χ4v) is 1.28. The monoisotopic (exact) mass is 240 g/mol. The lowest BCUT2D eigenvalue weighted by molar-refractivity contribution is 0.113. The summed E-state index contributed by atoms with van der Waals surface area (Å²) < 4.78 is 7.30. The van der Waals surface area contributed by atoms with Crippen LogP contribution in [0.2, 0.25) is 0 Å². The van der Waals surface area contributed by atoms with Gasteiger partial charge in [0.25, 0.3) is 0 Å². The van der Waals surface area contributed by atoms with Crippen LogP contribution >= 0.6 is 0 Å². The Morgan fingerprint density at radius 3 is 2.65 bits per heavy atom. The quantitative estimate of drug-likeness (QED) is 0.734. The number of ether oxygens (including phenoxy) is 1. The van der Waals surface area contributed by atoms with Gasteiger partial charge in [-0.25, -0.2) is 4.68 Å². The fourth-order valence-electron chi connectivity index (χ4n) is 1.28. The summed E-state index contributed by atoms with van der Waals surface area (Å²) in [6, 6.07) is 0. The number of nitrogens with two attached hydrogens (primary N) is 1. The first-order chi connectivity index (χ1) is 7.89. The second kappa shape index (κ2) is 6.12. The van der Waals surface area contributed by atoms with E-state index in [2.05, 4.69) is 24.2 Å². The summed E-state index contributed by atoms with van der Waals surface area (Å²) in [6.45, 7) is 10.4. The highest BCUT2D eigenvalue weighted by molar-refractivity contribution is 5.05. The molecule has 0 aliphatic heterocycles. The zero-order valence-electron chi connectivity index (χ0n) is 11.3. The van der Waals surface area contributed by atoms with Gasteiger partial charge in [0.05, 0.1) is 24.9 Å². The lowest BCUT2D eigenvalue weighted by Crippen LogP contribution is -2.29. The maximum absolute atomic E-state index is 5.93. The highest BCUT2D eigenvalue weighted by atomic mass is 16.5. The van der Waals surface area contributed by atoms with Crippen molar-refractivity contribution in [3.63, 3.8) is 0 Å². The minimum absolute atomic E-state index is 0.434. The molecule has 1 heterocycles. The third kappa shape index (κ3) is 5.28. The molecule has 0 aromatic carbocycles. The topological polar surface area (TPSA) is 66.0 Å². The number of hydrogen-bond acceptors (Lipinski definition) is 4. The van der Waals surface area contributed by atoms with Gasteiger partial charge in [-0.2, -0.15) is 0 Å². The largest absolute Gasteiger partial charge is 0.380 e. The second-order valence-corrected chi connectivity index (χ2v) is 5.38. The Hall–Kier alpha value is -0.940. The summed E-state index contributed by atoms with van der Waals surface area (Å²) in [7, 11) is 0. The SMILES string of the molecule is CC(C)CCOCCn1cc(C(C)(C)N)nn1. The molecule has 0 atom stereocenters. The number of hydrogen-bond donors (Lipinski definition) is 1. The molecule has 5 nitrogen and oxygen atoms in total. The highest BCUT2D eigenvalue weighted by Crippen LogP contribution is 2.12. The van der Waals surface area contributed by atoms with Crippen molar-refractivity contribution in [1.82, 2.24) is 15.0 Å². The minimum atomic E-state index is -0.434. The first-order valence-electron chi connectivity index (χ1n) is 6.17. The Labute approximate surface area is 103 Å². The van der Waals surface area contributed by atoms with Gasteiger partial charge in [0.15, 0.2) is 0 Å². The normalized spacial score (nSPS) is 12.4. The molecule has 0 saturated heterocycles. The van der Waals surface area contributed by atoms with Crippen molar-refractivity contribution in [2.24, 2.45) is 11.7 Å². The first kappa shape index (κ1) is 14.1. The Bertz CT molecular complexity index is 327. The molecule has 0 unspecified atom stereocenters. The van der Waals surface area contributed by atoms with Crippen LogP contribution in [0.5, 0.6) is 0 Å². The van der Waals surface area contributed by atoms with Gasteiger partial charge in [0.2, 0.25) is 0 Å². The van der Waals surface area contributed by atoms with Crippen LogP contribution < -0.4 is 5.73 Å². The van der Waals surface area contributed by atoms with Gasteiger partial charge < -0.3 is 10.5 Å². The highest BCUT2D eigenvalue weighted by Gasteiger charge is 2.17. The van der Waals surface area contributed by atoms with Crippen LogP contribution in [0.1, 0.15) is 39.8 Å². The summed E-state index contributed by atoms with van der Waals surface area (Å²) in [5.41, 5.74) is 6.30. The molecule has 0 spiro atoms. The first-order valence-corrected chi connectivity index (χ1v) is 6.17. The molecule has 17 heavy (non-hydrogen) atoms. The van der Waals surface area contributed by atoms with Crippen molar-refractivity contribution >= 4 is 0 Å². The molecular formula is C12H24N4O. The molecule has 0 saturated carbocycles. The number of aromatic nitrogens is 3. The third-order valence-corrected chi connectivity index (χ3v) is 2.50. The Morgan fingerprint density at radius 2 is 2.12 bits per heavy atom. The Balaban J connectivity index is 2.26. The molecular weight excluding hydrogens is 216 g/mol. The zero-order valence-corrected chi connectivity index (χ0v) is 11.3. The summed E-state index contributed by atoms with van der Waals surface area (Å²) in [5, 5.41) is 8.07. The van der Waals surface area contributed by atoms with Crippen LogP contribution in [0.3, 0.4) is 0 Å². The lowest BCUT2D eigenvalue weighted by atomic mass is 10.0. The maximum Gasteiger partial charge on any atom is 0.102 e. The molecule has 0 bridgehead atoms. The number of rotatable bonds is 7. The number of nitrogens with zero attached hydrogens (tertiary/aromatic N) is 3. The molecule has 1 aromatic rings. The molecule has 0 aliphatic rings. The van der Waals surface area contributed by atoms with Crippen LogP contribution in [0, 0.1) is 5.92 Å². The molecule has 5 heteroatoms. The molecule has 0 amide bonds. The van der Waals surface area contributed by atoms with E-state index in [0.717, 1.165) is 25.3 Å². The van der Waals surface area contributed by atoms with Gasteiger partial charge in [-0.05, 0) is 26.2 Å². The summed E-state index contributed by atoms with van der Waals surface area (Å²) in [4.78, 5) is 0. The molecule has 2 N–H and O–H groups in total.